The van der Waals surface area contributed by atoms with Crippen molar-refractivity contribution in [2.24, 2.45) is 0 Å². The first-order chi connectivity index (χ1) is 18.8. The maximum atomic E-state index is 12.8. The van der Waals surface area contributed by atoms with Gasteiger partial charge in [-0.25, -0.2) is 0 Å². The van der Waals surface area contributed by atoms with E-state index in [9.17, 15) is 23.5 Å². The van der Waals surface area contributed by atoms with Gasteiger partial charge in [-0.3, -0.25) is 14.5 Å². The number of benzene rings is 2. The number of carbonyl (C=O) groups excluding carboxylic acids is 1. The van der Waals surface area contributed by atoms with Crippen molar-refractivity contribution in [2.75, 3.05) is 45.3 Å². The Kier molecular flexibility index (Phi) is 9.03. The quantitative estimate of drug-likeness (QED) is 0.380. The van der Waals surface area contributed by atoms with Crippen LogP contribution in [0.2, 0.25) is 0 Å². The Morgan fingerprint density at radius 1 is 1.03 bits per heavy atom. The molecule has 208 valence electrons. The van der Waals surface area contributed by atoms with Gasteiger partial charge in [0.2, 0.25) is 11.2 Å². The smallest absolute Gasteiger partial charge is 0.387 e. The second-order valence-corrected chi connectivity index (χ2v) is 9.03. The summed E-state index contributed by atoms with van der Waals surface area (Å²) in [6.45, 7) is 0.166. The van der Waals surface area contributed by atoms with Gasteiger partial charge in [0.25, 0.3) is 0 Å². The summed E-state index contributed by atoms with van der Waals surface area (Å²) in [5.74, 6) is -1.45. The van der Waals surface area contributed by atoms with Crippen molar-refractivity contribution in [2.45, 2.75) is 25.5 Å². The molecular formula is C28H30F2N2O7. The minimum atomic E-state index is -3.04. The lowest BCUT2D eigenvalue weighted by atomic mass is 9.92. The molecule has 1 atom stereocenters. The van der Waals surface area contributed by atoms with Gasteiger partial charge in [-0.2, -0.15) is 8.78 Å². The molecule has 1 N–H and O–H groups in total. The van der Waals surface area contributed by atoms with Crippen LogP contribution in [0, 0.1) is 0 Å². The summed E-state index contributed by atoms with van der Waals surface area (Å²) >= 11 is 0. The maximum Gasteiger partial charge on any atom is 0.387 e. The number of carbonyl (C=O) groups is 1. The molecule has 11 heteroatoms. The lowest BCUT2D eigenvalue weighted by molar-refractivity contribution is -0.141. The zero-order chi connectivity index (χ0) is 27.9. The second kappa shape index (κ2) is 12.6. The highest BCUT2D eigenvalue weighted by molar-refractivity contribution is 5.71. The second-order valence-electron chi connectivity index (χ2n) is 9.03. The third kappa shape index (κ3) is 7.05. The van der Waals surface area contributed by atoms with Crippen LogP contribution in [-0.2, 0) is 16.1 Å². The van der Waals surface area contributed by atoms with Crippen molar-refractivity contribution in [3.05, 3.63) is 81.9 Å². The number of nitrogens with zero attached hydrogens (tertiary/aromatic N) is 2. The van der Waals surface area contributed by atoms with Crippen molar-refractivity contribution in [1.82, 2.24) is 4.90 Å². The molecule has 1 aromatic heterocycles. The molecule has 1 aliphatic heterocycles. The lowest BCUT2D eigenvalue weighted by Crippen LogP contribution is -2.46. The van der Waals surface area contributed by atoms with E-state index >= 15 is 0 Å². The fraction of sp³-hybridized carbons (Fsp3) is 0.357. The van der Waals surface area contributed by atoms with Gasteiger partial charge in [-0.05, 0) is 42.0 Å². The number of ether oxygens (including phenoxy) is 3. The van der Waals surface area contributed by atoms with Crippen LogP contribution in [0.25, 0.3) is 0 Å². The summed E-state index contributed by atoms with van der Waals surface area (Å²) in [6, 6.07) is 14.7. The zero-order valence-electron chi connectivity index (χ0n) is 21.6. The summed E-state index contributed by atoms with van der Waals surface area (Å²) in [5, 5.41) is 10.6. The van der Waals surface area contributed by atoms with Gasteiger partial charge in [0.1, 0.15) is 17.3 Å². The monoisotopic (exact) mass is 544 g/mol. The first kappa shape index (κ1) is 27.9. The number of esters is 1. The molecule has 1 saturated heterocycles. The van der Waals surface area contributed by atoms with Crippen LogP contribution in [0.15, 0.2) is 63.8 Å². The Labute approximate surface area is 224 Å². The molecule has 0 amide bonds. The third-order valence-electron chi connectivity index (χ3n) is 6.59. The molecule has 0 radical (unpaired) electrons. The van der Waals surface area contributed by atoms with E-state index in [0.29, 0.717) is 31.0 Å². The normalized spacial score (nSPS) is 14.7. The third-order valence-corrected chi connectivity index (χ3v) is 6.59. The van der Waals surface area contributed by atoms with Crippen molar-refractivity contribution >= 4 is 11.7 Å². The molecular weight excluding hydrogens is 514 g/mol. The maximum absolute atomic E-state index is 12.8. The van der Waals surface area contributed by atoms with Gasteiger partial charge in [-0.15, -0.1) is 0 Å². The van der Waals surface area contributed by atoms with Crippen LogP contribution in [0.5, 0.6) is 17.2 Å². The minimum Gasteiger partial charge on any atom is -0.502 e. The SMILES string of the molecule is COC(=O)C[C@@H](c1cccc(OC(F)F)c1)c1oc(CN2CCN(c3ccc(OC)cc3)CC2)cc(=O)c1O. The molecule has 0 spiro atoms. The molecule has 0 saturated carbocycles. The van der Waals surface area contributed by atoms with Gasteiger partial charge in [0.15, 0.2) is 5.76 Å². The largest absolute Gasteiger partial charge is 0.502 e. The van der Waals surface area contributed by atoms with E-state index in [1.54, 1.807) is 13.2 Å². The lowest BCUT2D eigenvalue weighted by Gasteiger charge is -2.36. The number of aromatic hydroxyl groups is 1. The minimum absolute atomic E-state index is 0.134. The van der Waals surface area contributed by atoms with Crippen LogP contribution >= 0.6 is 0 Å². The van der Waals surface area contributed by atoms with Crippen LogP contribution in [0.4, 0.5) is 14.5 Å². The summed E-state index contributed by atoms with van der Waals surface area (Å²) in [5.41, 5.74) is 0.748. The van der Waals surface area contributed by atoms with E-state index in [1.807, 2.05) is 24.3 Å². The van der Waals surface area contributed by atoms with Gasteiger partial charge in [0, 0.05) is 37.9 Å². The summed E-state index contributed by atoms with van der Waals surface area (Å²) in [4.78, 5) is 29.3. The number of hydrogen-bond donors (Lipinski definition) is 1. The Morgan fingerprint density at radius 3 is 2.38 bits per heavy atom. The Hall–Kier alpha value is -4.12. The van der Waals surface area contributed by atoms with E-state index in [1.165, 1.54) is 31.4 Å². The van der Waals surface area contributed by atoms with Crippen LogP contribution in [-0.4, -0.2) is 63.0 Å². The molecule has 0 aliphatic carbocycles. The summed E-state index contributed by atoms with van der Waals surface area (Å²) < 4.78 is 46.0. The molecule has 39 heavy (non-hydrogen) atoms. The highest BCUT2D eigenvalue weighted by Gasteiger charge is 2.28. The van der Waals surface area contributed by atoms with Gasteiger partial charge < -0.3 is 28.6 Å². The molecule has 4 rings (SSSR count). The Balaban J connectivity index is 1.54. The standard InChI is InChI=1S/C28H30F2N2O7/c1-36-20-8-6-19(7-9-20)32-12-10-31(11-13-32)17-22-15-24(33)26(35)27(38-22)23(16-25(34)37-2)18-4-3-5-21(14-18)39-28(29)30/h3-9,14-15,23,28,35H,10-13,16-17H2,1-2H3/t23-/m0/s1. The van der Waals surface area contributed by atoms with E-state index in [-0.39, 0.29) is 17.9 Å². The number of alkyl halides is 2. The average molecular weight is 545 g/mol. The topological polar surface area (TPSA) is 102 Å². The molecule has 1 fully saturated rings. The number of halogens is 2. The first-order valence-electron chi connectivity index (χ1n) is 12.4. The van der Waals surface area contributed by atoms with Crippen molar-refractivity contribution in [3.8, 4) is 17.2 Å². The molecule has 2 aromatic carbocycles. The summed E-state index contributed by atoms with van der Waals surface area (Å²) in [6.07, 6.45) is -0.297. The number of anilines is 1. The van der Waals surface area contributed by atoms with Crippen molar-refractivity contribution in [1.29, 1.82) is 0 Å². The molecule has 9 nitrogen and oxygen atoms in total. The number of rotatable bonds is 10. The molecule has 0 bridgehead atoms. The molecule has 2 heterocycles. The van der Waals surface area contributed by atoms with Gasteiger partial charge >= 0.3 is 12.6 Å². The first-order valence-corrected chi connectivity index (χ1v) is 12.4. The molecule has 0 unspecified atom stereocenters. The van der Waals surface area contributed by atoms with Crippen LogP contribution < -0.4 is 19.8 Å². The molecule has 1 aliphatic rings. The van der Waals surface area contributed by atoms with E-state index < -0.39 is 29.7 Å². The highest BCUT2D eigenvalue weighted by Crippen LogP contribution is 2.35. The number of piperazine rings is 1. The number of methoxy groups -OCH3 is 2. The van der Waals surface area contributed by atoms with E-state index in [0.717, 1.165) is 24.5 Å². The van der Waals surface area contributed by atoms with E-state index in [2.05, 4.69) is 14.5 Å². The Morgan fingerprint density at radius 2 is 1.74 bits per heavy atom. The van der Waals surface area contributed by atoms with Gasteiger partial charge in [-0.1, -0.05) is 12.1 Å². The predicted octanol–water partition coefficient (Wildman–Crippen LogP) is 3.97. The van der Waals surface area contributed by atoms with E-state index in [4.69, 9.17) is 13.9 Å². The fourth-order valence-electron chi connectivity index (χ4n) is 4.57. The van der Waals surface area contributed by atoms with Crippen molar-refractivity contribution in [3.63, 3.8) is 0 Å². The molecule has 3 aromatic rings. The average Bonchev–Trinajstić information content (AvgIpc) is 2.94. The van der Waals surface area contributed by atoms with Gasteiger partial charge in [0.05, 0.1) is 33.1 Å². The van der Waals surface area contributed by atoms with Crippen LogP contribution in [0.3, 0.4) is 0 Å². The zero-order valence-corrected chi connectivity index (χ0v) is 21.6. The fourth-order valence-corrected chi connectivity index (χ4v) is 4.57. The van der Waals surface area contributed by atoms with Crippen LogP contribution in [0.1, 0.15) is 29.4 Å². The van der Waals surface area contributed by atoms with Crippen molar-refractivity contribution < 1.29 is 37.3 Å². The number of hydrogen-bond acceptors (Lipinski definition) is 9. The Bertz CT molecular complexity index is 1320. The summed E-state index contributed by atoms with van der Waals surface area (Å²) in [7, 11) is 2.82. The predicted molar refractivity (Wildman–Crippen MR) is 139 cm³/mol. The highest BCUT2D eigenvalue weighted by atomic mass is 19.3.